The zero-order valence-electron chi connectivity index (χ0n) is 10.7. The van der Waals surface area contributed by atoms with Crippen molar-refractivity contribution < 1.29 is 4.79 Å². The fourth-order valence-electron chi connectivity index (χ4n) is 1.74. The van der Waals surface area contributed by atoms with E-state index in [1.54, 1.807) is 17.8 Å². The maximum absolute atomic E-state index is 11.0. The van der Waals surface area contributed by atoms with Crippen molar-refractivity contribution >= 4 is 23.7 Å². The van der Waals surface area contributed by atoms with Crippen molar-refractivity contribution in [1.29, 1.82) is 0 Å². The molecule has 2 aromatic rings. The Bertz CT molecular complexity index is 596. The highest BCUT2D eigenvalue weighted by Gasteiger charge is 2.10. The van der Waals surface area contributed by atoms with Crippen LogP contribution in [-0.2, 0) is 13.5 Å². The van der Waals surface area contributed by atoms with Gasteiger partial charge in [0.15, 0.2) is 6.29 Å². The molecule has 19 heavy (non-hydrogen) atoms. The van der Waals surface area contributed by atoms with Gasteiger partial charge in [0.2, 0.25) is 0 Å². The lowest BCUT2D eigenvalue weighted by Gasteiger charge is -2.09. The minimum Gasteiger partial charge on any atom is -0.369 e. The van der Waals surface area contributed by atoms with Crippen molar-refractivity contribution in [1.82, 2.24) is 19.7 Å². The van der Waals surface area contributed by atoms with Crippen molar-refractivity contribution in [2.75, 3.05) is 11.9 Å². The number of carbonyl (C=O) groups is 1. The van der Waals surface area contributed by atoms with Gasteiger partial charge < -0.3 is 5.32 Å². The van der Waals surface area contributed by atoms with E-state index in [2.05, 4.69) is 20.4 Å². The van der Waals surface area contributed by atoms with Crippen LogP contribution in [0.3, 0.4) is 0 Å². The molecule has 0 saturated heterocycles. The molecular weight excluding hydrogens is 266 g/mol. The standard InChI is InChI=1S/C12H14ClN5O/c1-8-16-11(13)10(7-19)12(17-8)14-5-3-9-4-6-15-18(9)2/h4,6-7H,3,5H2,1-2H3,(H,14,16,17). The maximum Gasteiger partial charge on any atom is 0.156 e. The van der Waals surface area contributed by atoms with Gasteiger partial charge in [-0.2, -0.15) is 5.10 Å². The average Bonchev–Trinajstić information content (AvgIpc) is 2.75. The van der Waals surface area contributed by atoms with Crippen molar-refractivity contribution in [3.63, 3.8) is 0 Å². The second kappa shape index (κ2) is 5.79. The maximum atomic E-state index is 11.0. The molecule has 0 fully saturated rings. The van der Waals surface area contributed by atoms with Crippen LogP contribution in [0.4, 0.5) is 5.82 Å². The van der Waals surface area contributed by atoms with Gasteiger partial charge >= 0.3 is 0 Å². The second-order valence-corrected chi connectivity index (χ2v) is 4.42. The smallest absolute Gasteiger partial charge is 0.156 e. The zero-order valence-corrected chi connectivity index (χ0v) is 11.5. The van der Waals surface area contributed by atoms with Gasteiger partial charge in [-0.25, -0.2) is 9.97 Å². The highest BCUT2D eigenvalue weighted by Crippen LogP contribution is 2.18. The molecule has 0 aliphatic heterocycles. The molecule has 6 nitrogen and oxygen atoms in total. The first kappa shape index (κ1) is 13.5. The summed E-state index contributed by atoms with van der Waals surface area (Å²) in [7, 11) is 1.89. The van der Waals surface area contributed by atoms with Crippen molar-refractivity contribution in [3.05, 3.63) is 34.5 Å². The number of anilines is 1. The molecular formula is C12H14ClN5O. The Morgan fingerprint density at radius 3 is 2.89 bits per heavy atom. The Kier molecular flexibility index (Phi) is 4.11. The SMILES string of the molecule is Cc1nc(Cl)c(C=O)c(NCCc2ccnn2C)n1. The summed E-state index contributed by atoms with van der Waals surface area (Å²) in [5, 5.41) is 7.37. The predicted molar refractivity (Wildman–Crippen MR) is 72.6 cm³/mol. The van der Waals surface area contributed by atoms with Gasteiger partial charge in [0.1, 0.15) is 16.8 Å². The Balaban J connectivity index is 2.07. The fraction of sp³-hybridized carbons (Fsp3) is 0.333. The van der Waals surface area contributed by atoms with Gasteiger partial charge in [0.25, 0.3) is 0 Å². The molecule has 0 aromatic carbocycles. The number of hydrogen-bond donors (Lipinski definition) is 1. The van der Waals surface area contributed by atoms with E-state index in [-0.39, 0.29) is 10.7 Å². The van der Waals surface area contributed by atoms with E-state index in [1.807, 2.05) is 13.1 Å². The topological polar surface area (TPSA) is 72.7 Å². The second-order valence-electron chi connectivity index (χ2n) is 4.06. The summed E-state index contributed by atoms with van der Waals surface area (Å²) in [5.74, 6) is 0.994. The molecule has 2 rings (SSSR count). The van der Waals surface area contributed by atoms with Crippen LogP contribution in [0.2, 0.25) is 5.15 Å². The quantitative estimate of drug-likeness (QED) is 0.665. The van der Waals surface area contributed by atoms with Crippen LogP contribution in [0.15, 0.2) is 12.3 Å². The van der Waals surface area contributed by atoms with Gasteiger partial charge in [-0.1, -0.05) is 11.6 Å². The van der Waals surface area contributed by atoms with Gasteiger partial charge in [-0.3, -0.25) is 9.48 Å². The summed E-state index contributed by atoms with van der Waals surface area (Å²) < 4.78 is 1.81. The summed E-state index contributed by atoms with van der Waals surface area (Å²) in [6.45, 7) is 2.36. The number of halogens is 1. The summed E-state index contributed by atoms with van der Waals surface area (Å²) in [5.41, 5.74) is 1.38. The number of nitrogens with one attached hydrogen (secondary N) is 1. The number of nitrogens with zero attached hydrogens (tertiary/aromatic N) is 4. The average molecular weight is 280 g/mol. The molecule has 2 aromatic heterocycles. The Morgan fingerprint density at radius 2 is 2.26 bits per heavy atom. The Morgan fingerprint density at radius 1 is 1.47 bits per heavy atom. The molecule has 2 heterocycles. The predicted octanol–water partition coefficient (Wildman–Crippen LogP) is 1.64. The number of aryl methyl sites for hydroxylation is 2. The molecule has 0 bridgehead atoms. The summed E-state index contributed by atoms with van der Waals surface area (Å²) in [6, 6.07) is 1.94. The highest BCUT2D eigenvalue weighted by molar-refractivity contribution is 6.32. The normalized spacial score (nSPS) is 10.5. The minimum absolute atomic E-state index is 0.172. The molecule has 100 valence electrons. The fourth-order valence-corrected chi connectivity index (χ4v) is 2.00. The molecule has 0 atom stereocenters. The highest BCUT2D eigenvalue weighted by atomic mass is 35.5. The Hall–Kier alpha value is -1.95. The number of carbonyl (C=O) groups excluding carboxylic acids is 1. The third-order valence-corrected chi connectivity index (χ3v) is 3.01. The number of rotatable bonds is 5. The third-order valence-electron chi connectivity index (χ3n) is 2.72. The molecule has 0 aliphatic rings. The van der Waals surface area contributed by atoms with Crippen LogP contribution in [0.1, 0.15) is 21.9 Å². The first-order chi connectivity index (χ1) is 9.11. The molecule has 1 N–H and O–H groups in total. The lowest BCUT2D eigenvalue weighted by atomic mass is 10.3. The third kappa shape index (κ3) is 3.08. The van der Waals surface area contributed by atoms with E-state index in [1.165, 1.54) is 0 Å². The van der Waals surface area contributed by atoms with Crippen LogP contribution in [0.5, 0.6) is 0 Å². The number of hydrogen-bond acceptors (Lipinski definition) is 5. The van der Waals surface area contributed by atoms with Gasteiger partial charge in [-0.15, -0.1) is 0 Å². The number of aldehydes is 1. The van der Waals surface area contributed by atoms with Crippen LogP contribution in [0.25, 0.3) is 0 Å². The molecule has 7 heteroatoms. The van der Waals surface area contributed by atoms with Crippen LogP contribution in [-0.4, -0.2) is 32.6 Å². The Labute approximate surface area is 115 Å². The lowest BCUT2D eigenvalue weighted by molar-refractivity contribution is 0.112. The summed E-state index contributed by atoms with van der Waals surface area (Å²) in [4.78, 5) is 19.1. The van der Waals surface area contributed by atoms with Crippen molar-refractivity contribution in [2.45, 2.75) is 13.3 Å². The molecule has 0 spiro atoms. The lowest BCUT2D eigenvalue weighted by Crippen LogP contribution is -2.12. The minimum atomic E-state index is 0.172. The monoisotopic (exact) mass is 279 g/mol. The van der Waals surface area contributed by atoms with Crippen LogP contribution in [0, 0.1) is 6.92 Å². The van der Waals surface area contributed by atoms with Crippen LogP contribution >= 0.6 is 11.6 Å². The summed E-state index contributed by atoms with van der Waals surface area (Å²) in [6.07, 6.45) is 3.18. The molecule has 0 unspecified atom stereocenters. The van der Waals surface area contributed by atoms with Gasteiger partial charge in [-0.05, 0) is 13.0 Å². The van der Waals surface area contributed by atoms with Crippen molar-refractivity contribution in [2.24, 2.45) is 7.05 Å². The largest absolute Gasteiger partial charge is 0.369 e. The van der Waals surface area contributed by atoms with E-state index in [0.717, 1.165) is 12.1 Å². The van der Waals surface area contributed by atoms with Gasteiger partial charge in [0, 0.05) is 31.9 Å². The molecule has 0 aliphatic carbocycles. The van der Waals surface area contributed by atoms with E-state index in [9.17, 15) is 4.79 Å². The molecule has 0 amide bonds. The zero-order chi connectivity index (χ0) is 13.8. The molecule has 0 saturated carbocycles. The van der Waals surface area contributed by atoms with Crippen LogP contribution < -0.4 is 5.32 Å². The first-order valence-electron chi connectivity index (χ1n) is 5.82. The van der Waals surface area contributed by atoms with E-state index in [4.69, 9.17) is 11.6 Å². The van der Waals surface area contributed by atoms with E-state index >= 15 is 0 Å². The summed E-state index contributed by atoms with van der Waals surface area (Å²) >= 11 is 5.90. The van der Waals surface area contributed by atoms with Gasteiger partial charge in [0.05, 0.1) is 5.56 Å². The number of aromatic nitrogens is 4. The first-order valence-corrected chi connectivity index (χ1v) is 6.19. The van der Waals surface area contributed by atoms with Crippen molar-refractivity contribution in [3.8, 4) is 0 Å². The van der Waals surface area contributed by atoms with E-state index in [0.29, 0.717) is 24.5 Å². The molecule has 0 radical (unpaired) electrons. The van der Waals surface area contributed by atoms with E-state index < -0.39 is 0 Å².